The molecule has 1 aromatic rings. The molecular formula is C11H14O5S. The van der Waals surface area contributed by atoms with E-state index in [-0.39, 0.29) is 12.5 Å². The molecule has 0 aromatic heterocycles. The summed E-state index contributed by atoms with van der Waals surface area (Å²) in [6.07, 6.45) is 2.31. The molecule has 0 saturated carbocycles. The van der Waals surface area contributed by atoms with E-state index in [1.807, 2.05) is 30.3 Å². The molecule has 1 atom stereocenters. The Balaban J connectivity index is 2.58. The number of hydrogen-bond acceptors (Lipinski definition) is 4. The van der Waals surface area contributed by atoms with Crippen molar-refractivity contribution in [2.24, 2.45) is 0 Å². The second-order valence-electron chi connectivity index (χ2n) is 3.41. The van der Waals surface area contributed by atoms with Gasteiger partial charge in [0, 0.05) is 5.92 Å². The summed E-state index contributed by atoms with van der Waals surface area (Å²) in [5.41, 5.74) is 0.978. The second kappa shape index (κ2) is 6.51. The Morgan fingerprint density at radius 3 is 2.53 bits per heavy atom. The molecule has 0 amide bonds. The Hall–Kier alpha value is -1.21. The SMILES string of the molecule is C=CCC(COOS(=O)(=O)O)c1ccccc1. The number of benzene rings is 1. The van der Waals surface area contributed by atoms with Crippen LogP contribution in [-0.4, -0.2) is 19.6 Å². The molecule has 0 fully saturated rings. The topological polar surface area (TPSA) is 72.8 Å². The minimum atomic E-state index is -4.56. The van der Waals surface area contributed by atoms with Crippen LogP contribution in [0.25, 0.3) is 0 Å². The summed E-state index contributed by atoms with van der Waals surface area (Å²) in [5.74, 6) is -0.0737. The van der Waals surface area contributed by atoms with Crippen molar-refractivity contribution < 1.29 is 22.2 Å². The van der Waals surface area contributed by atoms with Gasteiger partial charge in [-0.25, -0.2) is 4.89 Å². The molecule has 6 heteroatoms. The van der Waals surface area contributed by atoms with Crippen LogP contribution in [0, 0.1) is 0 Å². The normalized spacial score (nSPS) is 13.2. The van der Waals surface area contributed by atoms with Gasteiger partial charge in [0.15, 0.2) is 0 Å². The zero-order chi connectivity index (χ0) is 12.7. The van der Waals surface area contributed by atoms with Crippen molar-refractivity contribution in [1.29, 1.82) is 0 Å². The fourth-order valence-electron chi connectivity index (χ4n) is 1.40. The summed E-state index contributed by atoms with van der Waals surface area (Å²) in [6, 6.07) is 9.41. The predicted molar refractivity (Wildman–Crippen MR) is 62.6 cm³/mol. The van der Waals surface area contributed by atoms with Gasteiger partial charge >= 0.3 is 10.4 Å². The van der Waals surface area contributed by atoms with Crippen LogP contribution in [-0.2, 0) is 19.6 Å². The molecule has 1 rings (SSSR count). The summed E-state index contributed by atoms with van der Waals surface area (Å²) < 4.78 is 32.7. The number of allylic oxidation sites excluding steroid dienone is 1. The maximum absolute atomic E-state index is 10.3. The van der Waals surface area contributed by atoms with E-state index < -0.39 is 10.4 Å². The highest BCUT2D eigenvalue weighted by Crippen LogP contribution is 2.20. The highest BCUT2D eigenvalue weighted by molar-refractivity contribution is 7.80. The molecule has 0 aliphatic carbocycles. The minimum absolute atomic E-state index is 0.00975. The van der Waals surface area contributed by atoms with Crippen molar-refractivity contribution >= 4 is 10.4 Å². The molecule has 0 heterocycles. The summed E-state index contributed by atoms with van der Waals surface area (Å²) in [7, 11) is -4.56. The molecule has 0 saturated heterocycles. The van der Waals surface area contributed by atoms with Gasteiger partial charge in [0.25, 0.3) is 0 Å². The minimum Gasteiger partial charge on any atom is -0.262 e. The maximum Gasteiger partial charge on any atom is 0.424 e. The van der Waals surface area contributed by atoms with E-state index in [1.165, 1.54) is 0 Å². The zero-order valence-corrected chi connectivity index (χ0v) is 9.97. The largest absolute Gasteiger partial charge is 0.424 e. The van der Waals surface area contributed by atoms with Crippen LogP contribution in [0.2, 0.25) is 0 Å². The number of hydrogen-bond donors (Lipinski definition) is 1. The van der Waals surface area contributed by atoms with Gasteiger partial charge in [0.2, 0.25) is 0 Å². The van der Waals surface area contributed by atoms with Crippen molar-refractivity contribution in [3.05, 3.63) is 48.6 Å². The van der Waals surface area contributed by atoms with Gasteiger partial charge in [0.05, 0.1) is 6.61 Å². The molecule has 17 heavy (non-hydrogen) atoms. The Morgan fingerprint density at radius 1 is 1.35 bits per heavy atom. The van der Waals surface area contributed by atoms with Crippen LogP contribution in [0.3, 0.4) is 0 Å². The van der Waals surface area contributed by atoms with Gasteiger partial charge in [-0.2, -0.15) is 8.42 Å². The highest BCUT2D eigenvalue weighted by Gasteiger charge is 2.13. The van der Waals surface area contributed by atoms with Gasteiger partial charge in [-0.1, -0.05) is 40.7 Å². The monoisotopic (exact) mass is 258 g/mol. The first-order valence-corrected chi connectivity index (χ1v) is 6.34. The second-order valence-corrected chi connectivity index (χ2v) is 4.40. The Labute approximate surface area is 101 Å². The van der Waals surface area contributed by atoms with E-state index in [1.54, 1.807) is 6.08 Å². The molecule has 0 aliphatic heterocycles. The highest BCUT2D eigenvalue weighted by atomic mass is 32.3. The van der Waals surface area contributed by atoms with Crippen molar-refractivity contribution in [3.63, 3.8) is 0 Å². The molecule has 0 spiro atoms. The first-order valence-electron chi connectivity index (χ1n) is 4.97. The first-order chi connectivity index (χ1) is 8.03. The van der Waals surface area contributed by atoms with Gasteiger partial charge in [-0.05, 0) is 12.0 Å². The Bertz CT molecular complexity index is 440. The average Bonchev–Trinajstić information content (AvgIpc) is 2.27. The first kappa shape index (κ1) is 13.9. The van der Waals surface area contributed by atoms with E-state index in [0.717, 1.165) is 5.56 Å². The Morgan fingerprint density at radius 2 is 2.00 bits per heavy atom. The van der Waals surface area contributed by atoms with E-state index in [9.17, 15) is 8.42 Å². The molecule has 1 unspecified atom stereocenters. The lowest BCUT2D eigenvalue weighted by molar-refractivity contribution is -0.211. The van der Waals surface area contributed by atoms with Crippen molar-refractivity contribution in [2.75, 3.05) is 6.61 Å². The van der Waals surface area contributed by atoms with E-state index >= 15 is 0 Å². The summed E-state index contributed by atoms with van der Waals surface area (Å²) in [4.78, 5) is 4.48. The van der Waals surface area contributed by atoms with Gasteiger partial charge in [-0.3, -0.25) is 4.55 Å². The lowest BCUT2D eigenvalue weighted by Gasteiger charge is -2.13. The summed E-state index contributed by atoms with van der Waals surface area (Å²) in [6.45, 7) is 3.63. The van der Waals surface area contributed by atoms with Crippen LogP contribution in [0.1, 0.15) is 17.9 Å². The average molecular weight is 258 g/mol. The lowest BCUT2D eigenvalue weighted by atomic mass is 9.97. The van der Waals surface area contributed by atoms with Gasteiger partial charge in [0.1, 0.15) is 0 Å². The van der Waals surface area contributed by atoms with Crippen molar-refractivity contribution in [3.8, 4) is 0 Å². The molecule has 94 valence electrons. The van der Waals surface area contributed by atoms with E-state index in [4.69, 9.17) is 4.55 Å². The predicted octanol–water partition coefficient (Wildman–Crippen LogP) is 2.10. The quantitative estimate of drug-likeness (QED) is 0.351. The third kappa shape index (κ3) is 5.60. The summed E-state index contributed by atoms with van der Waals surface area (Å²) >= 11 is 0. The molecule has 0 bridgehead atoms. The third-order valence-electron chi connectivity index (χ3n) is 2.13. The molecular weight excluding hydrogens is 244 g/mol. The van der Waals surface area contributed by atoms with E-state index in [2.05, 4.69) is 15.8 Å². The third-order valence-corrected chi connectivity index (χ3v) is 2.39. The fourth-order valence-corrected chi connectivity index (χ4v) is 1.57. The molecule has 5 nitrogen and oxygen atoms in total. The molecule has 1 aromatic carbocycles. The van der Waals surface area contributed by atoms with Crippen LogP contribution in [0.4, 0.5) is 0 Å². The summed E-state index contributed by atoms with van der Waals surface area (Å²) in [5, 5.41) is 0. The molecule has 0 aliphatic rings. The molecule has 0 radical (unpaired) electrons. The Kier molecular flexibility index (Phi) is 5.30. The maximum atomic E-state index is 10.3. The van der Waals surface area contributed by atoms with E-state index in [0.29, 0.717) is 6.42 Å². The zero-order valence-electron chi connectivity index (χ0n) is 9.15. The van der Waals surface area contributed by atoms with Crippen LogP contribution in [0.15, 0.2) is 43.0 Å². The fraction of sp³-hybridized carbons (Fsp3) is 0.273. The smallest absolute Gasteiger partial charge is 0.262 e. The lowest BCUT2D eigenvalue weighted by Crippen LogP contribution is -2.11. The standard InChI is InChI=1S/C11H14O5S/c1-2-6-11(9-15-16-17(12,13)14)10-7-4-3-5-8-10/h2-5,7-8,11H,1,6,9H2,(H,12,13,14). The van der Waals surface area contributed by atoms with Gasteiger partial charge in [-0.15, -0.1) is 6.58 Å². The van der Waals surface area contributed by atoms with Crippen molar-refractivity contribution in [1.82, 2.24) is 0 Å². The van der Waals surface area contributed by atoms with Gasteiger partial charge < -0.3 is 0 Å². The van der Waals surface area contributed by atoms with Crippen LogP contribution >= 0.6 is 0 Å². The number of rotatable bonds is 7. The molecule has 1 N–H and O–H groups in total. The van der Waals surface area contributed by atoms with Crippen LogP contribution < -0.4 is 0 Å². The van der Waals surface area contributed by atoms with Crippen LogP contribution in [0.5, 0.6) is 0 Å². The van der Waals surface area contributed by atoms with Crippen molar-refractivity contribution in [2.45, 2.75) is 12.3 Å².